The Morgan fingerprint density at radius 2 is 2.55 bits per heavy atom. The summed E-state index contributed by atoms with van der Waals surface area (Å²) >= 11 is 0. The lowest BCUT2D eigenvalue weighted by Gasteiger charge is -1.82. The summed E-state index contributed by atoms with van der Waals surface area (Å²) in [6.07, 6.45) is 0.654. The second kappa shape index (κ2) is 3.56. The Morgan fingerprint density at radius 3 is 3.09 bits per heavy atom. The van der Waals surface area contributed by atoms with Gasteiger partial charge in [-0.05, 0) is 0 Å². The van der Waals surface area contributed by atoms with E-state index in [-0.39, 0.29) is 6.08 Å². The Morgan fingerprint density at radius 1 is 1.73 bits per heavy atom. The van der Waals surface area contributed by atoms with Crippen molar-refractivity contribution in [3.8, 4) is 6.08 Å². The van der Waals surface area contributed by atoms with Crippen LogP contribution in [0.4, 0.5) is 0 Å². The Kier molecular flexibility index (Phi) is 2.44. The first-order valence-electron chi connectivity index (χ1n) is 3.06. The zero-order valence-electron chi connectivity index (χ0n) is 6.07. The minimum Gasteiger partial charge on any atom is -0.452 e. The lowest BCUT2D eigenvalue weighted by atomic mass is 10.4. The molecule has 0 aromatic carbocycles. The maximum atomic E-state index is 6.51. The average Bonchev–Trinajstić information content (AvgIpc) is 2.48. The molecule has 0 aliphatic heterocycles. The first kappa shape index (κ1) is 7.54. The molecule has 1 aromatic heterocycles. The molecule has 0 atom stereocenters. The van der Waals surface area contributed by atoms with Crippen molar-refractivity contribution in [2.24, 2.45) is 0 Å². The topological polar surface area (TPSA) is 52.5 Å². The van der Waals surface area contributed by atoms with Crippen LogP contribution in [0.1, 0.15) is 5.82 Å². The number of methoxy groups -OCH3 is 1. The van der Waals surface area contributed by atoms with Crippen molar-refractivity contribution >= 4 is 0 Å². The summed E-state index contributed by atoms with van der Waals surface area (Å²) < 4.78 is 9.28. The van der Waals surface area contributed by atoms with E-state index in [0.29, 0.717) is 18.8 Å². The quantitative estimate of drug-likeness (QED) is 0.594. The molecule has 0 amide bonds. The van der Waals surface area contributed by atoms with Crippen LogP contribution in [0.15, 0.2) is 4.52 Å². The van der Waals surface area contributed by atoms with E-state index in [0.717, 1.165) is 0 Å². The summed E-state index contributed by atoms with van der Waals surface area (Å²) in [6, 6.07) is 0. The molecular weight excluding hydrogens is 146 g/mol. The largest absolute Gasteiger partial charge is 0.452 e. The monoisotopic (exact) mass is 153 g/mol. The van der Waals surface area contributed by atoms with Gasteiger partial charge in [0.2, 0.25) is 6.54 Å². The van der Waals surface area contributed by atoms with E-state index in [9.17, 15) is 0 Å². The third-order valence-corrected chi connectivity index (χ3v) is 1.07. The minimum atomic E-state index is 0.144. The second-order valence-electron chi connectivity index (χ2n) is 1.81. The second-order valence-corrected chi connectivity index (χ2v) is 1.81. The first-order valence-corrected chi connectivity index (χ1v) is 3.06. The molecule has 5 nitrogen and oxygen atoms in total. The molecule has 1 heterocycles. The van der Waals surface area contributed by atoms with Crippen molar-refractivity contribution in [3.63, 3.8) is 0 Å². The minimum absolute atomic E-state index is 0.144. The van der Waals surface area contributed by atoms with Crippen molar-refractivity contribution < 1.29 is 9.26 Å². The van der Waals surface area contributed by atoms with Gasteiger partial charge in [-0.15, -0.1) is 0 Å². The van der Waals surface area contributed by atoms with Gasteiger partial charge >= 0.3 is 6.08 Å². The predicted octanol–water partition coefficient (Wildman–Crippen LogP) is 0.540. The van der Waals surface area contributed by atoms with Crippen LogP contribution >= 0.6 is 0 Å². The number of nitrogens with zero attached hydrogens (tertiary/aromatic N) is 3. The van der Waals surface area contributed by atoms with E-state index in [1.165, 1.54) is 7.11 Å². The van der Waals surface area contributed by atoms with Crippen LogP contribution in [-0.4, -0.2) is 23.8 Å². The van der Waals surface area contributed by atoms with E-state index in [4.69, 9.17) is 6.57 Å². The van der Waals surface area contributed by atoms with Gasteiger partial charge in [0.25, 0.3) is 0 Å². The maximum absolute atomic E-state index is 6.51. The van der Waals surface area contributed by atoms with Gasteiger partial charge in [0.15, 0.2) is 5.82 Å². The van der Waals surface area contributed by atoms with Gasteiger partial charge in [-0.3, -0.25) is 4.52 Å². The normalized spacial score (nSPS) is 9.09. The fraction of sp³-hybridized carbons (Fsp3) is 0.500. The zero-order chi connectivity index (χ0) is 8.10. The number of ether oxygens (including phenoxy) is 1. The highest BCUT2D eigenvalue weighted by Crippen LogP contribution is 2.04. The molecule has 0 fully saturated rings. The molecule has 0 unspecified atom stereocenters. The van der Waals surface area contributed by atoms with E-state index in [1.54, 1.807) is 0 Å². The molecule has 0 saturated carbocycles. The third-order valence-electron chi connectivity index (χ3n) is 1.07. The Labute approximate surface area is 63.8 Å². The number of rotatable bonds is 3. The summed E-state index contributed by atoms with van der Waals surface area (Å²) in [5, 5.41) is 3.57. The maximum Gasteiger partial charge on any atom is 0.417 e. The van der Waals surface area contributed by atoms with Crippen LogP contribution in [0.3, 0.4) is 0 Å². The highest BCUT2D eigenvalue weighted by atomic mass is 16.6. The van der Waals surface area contributed by atoms with Crippen LogP contribution in [0.2, 0.25) is 0 Å². The molecule has 0 saturated heterocycles. The summed E-state index contributed by atoms with van der Waals surface area (Å²) in [6.45, 7) is 6.89. The van der Waals surface area contributed by atoms with Gasteiger partial charge in [-0.1, -0.05) is 5.16 Å². The van der Waals surface area contributed by atoms with E-state index in [1.807, 2.05) is 0 Å². The SMILES string of the molecule is [C-]#[N+]CCc1noc(OC)n1. The molecule has 58 valence electrons. The van der Waals surface area contributed by atoms with Gasteiger partial charge in [0.05, 0.1) is 13.5 Å². The number of hydrogen-bond donors (Lipinski definition) is 0. The van der Waals surface area contributed by atoms with Crippen molar-refractivity contribution in [1.82, 2.24) is 10.1 Å². The average molecular weight is 153 g/mol. The lowest BCUT2D eigenvalue weighted by Crippen LogP contribution is -1.90. The standard InChI is InChI=1S/C6H7N3O2/c1-7-4-3-5-8-6(10-2)11-9-5/h3-4H2,2H3. The molecule has 1 aromatic rings. The molecular formula is C6H7N3O2. The molecule has 0 N–H and O–H groups in total. The fourth-order valence-electron chi connectivity index (χ4n) is 0.578. The van der Waals surface area contributed by atoms with Crippen LogP contribution in [0.25, 0.3) is 4.85 Å². The Balaban J connectivity index is 2.53. The third kappa shape index (κ3) is 1.93. The van der Waals surface area contributed by atoms with Gasteiger partial charge in [-0.25, -0.2) is 6.57 Å². The van der Waals surface area contributed by atoms with E-state index >= 15 is 0 Å². The summed E-state index contributed by atoms with van der Waals surface area (Å²) in [7, 11) is 1.45. The molecule has 0 bridgehead atoms. The number of hydrogen-bond acceptors (Lipinski definition) is 4. The van der Waals surface area contributed by atoms with Crippen molar-refractivity contribution in [1.29, 1.82) is 0 Å². The van der Waals surface area contributed by atoms with Gasteiger partial charge in [-0.2, -0.15) is 4.98 Å². The van der Waals surface area contributed by atoms with Gasteiger partial charge in [0, 0.05) is 0 Å². The molecule has 0 aliphatic carbocycles. The molecule has 0 radical (unpaired) electrons. The van der Waals surface area contributed by atoms with Gasteiger partial charge < -0.3 is 9.58 Å². The molecule has 0 spiro atoms. The van der Waals surface area contributed by atoms with Gasteiger partial charge in [0.1, 0.15) is 0 Å². The summed E-state index contributed by atoms with van der Waals surface area (Å²) in [5.41, 5.74) is 0. The number of aromatic nitrogens is 2. The molecule has 5 heteroatoms. The highest BCUT2D eigenvalue weighted by Gasteiger charge is 2.05. The molecule has 0 aliphatic rings. The molecule has 1 rings (SSSR count). The molecule has 11 heavy (non-hydrogen) atoms. The van der Waals surface area contributed by atoms with Crippen LogP contribution < -0.4 is 4.74 Å². The summed E-state index contributed by atoms with van der Waals surface area (Å²) in [4.78, 5) is 6.98. The zero-order valence-corrected chi connectivity index (χ0v) is 6.07. The fourth-order valence-corrected chi connectivity index (χ4v) is 0.578. The van der Waals surface area contributed by atoms with Crippen LogP contribution in [0.5, 0.6) is 6.08 Å². The lowest BCUT2D eigenvalue weighted by molar-refractivity contribution is 0.250. The summed E-state index contributed by atoms with van der Waals surface area (Å²) in [5.74, 6) is 0.512. The highest BCUT2D eigenvalue weighted by molar-refractivity contribution is 4.91. The van der Waals surface area contributed by atoms with Crippen LogP contribution in [0, 0.1) is 6.57 Å². The Bertz CT molecular complexity index is 263. The first-order chi connectivity index (χ1) is 5.36. The van der Waals surface area contributed by atoms with E-state index in [2.05, 4.69) is 24.2 Å². The Hall–Kier alpha value is -1.57. The predicted molar refractivity (Wildman–Crippen MR) is 36.0 cm³/mol. The van der Waals surface area contributed by atoms with Crippen molar-refractivity contribution in [2.45, 2.75) is 6.42 Å². The van der Waals surface area contributed by atoms with Crippen molar-refractivity contribution in [2.75, 3.05) is 13.7 Å². The smallest absolute Gasteiger partial charge is 0.417 e. The van der Waals surface area contributed by atoms with E-state index < -0.39 is 0 Å². The van der Waals surface area contributed by atoms with Crippen molar-refractivity contribution in [3.05, 3.63) is 17.2 Å². The van der Waals surface area contributed by atoms with Crippen LogP contribution in [-0.2, 0) is 6.42 Å².